The molecule has 3 aromatic rings. The van der Waals surface area contributed by atoms with E-state index in [1.54, 1.807) is 23.6 Å². The van der Waals surface area contributed by atoms with E-state index < -0.39 is 0 Å². The number of benzene rings is 2. The molecule has 130 valence electrons. The number of aromatic nitrogens is 2. The Morgan fingerprint density at radius 2 is 2.00 bits per heavy atom. The third-order valence-electron chi connectivity index (χ3n) is 3.83. The molecule has 2 aromatic carbocycles. The molecule has 0 bridgehead atoms. The fraction of sp³-hybridized carbons (Fsp3) is 0.222. The van der Waals surface area contributed by atoms with Crippen LogP contribution in [-0.4, -0.2) is 33.2 Å². The maximum absolute atomic E-state index is 12.3. The van der Waals surface area contributed by atoms with E-state index >= 15 is 0 Å². The molecule has 25 heavy (non-hydrogen) atoms. The van der Waals surface area contributed by atoms with Crippen LogP contribution in [0, 0.1) is 0 Å². The first-order valence-electron chi connectivity index (χ1n) is 7.81. The van der Waals surface area contributed by atoms with E-state index in [2.05, 4.69) is 10.3 Å². The van der Waals surface area contributed by atoms with Gasteiger partial charge in [-0.3, -0.25) is 4.79 Å². The summed E-state index contributed by atoms with van der Waals surface area (Å²) in [5.74, 6) is 0.351. The van der Waals surface area contributed by atoms with Crippen LogP contribution >= 0.6 is 23.2 Å². The highest BCUT2D eigenvalue weighted by molar-refractivity contribution is 6.43. The Morgan fingerprint density at radius 1 is 1.24 bits per heavy atom. The molecule has 1 aromatic heterocycles. The number of nitrogens with zero attached hydrogens (tertiary/aromatic N) is 2. The first-order valence-corrected chi connectivity index (χ1v) is 8.56. The second-order valence-corrected chi connectivity index (χ2v) is 6.55. The van der Waals surface area contributed by atoms with Gasteiger partial charge in [-0.15, -0.1) is 0 Å². The Kier molecular flexibility index (Phi) is 5.27. The molecule has 0 aliphatic carbocycles. The minimum atomic E-state index is -0.319. The van der Waals surface area contributed by atoms with Crippen molar-refractivity contribution >= 4 is 40.1 Å². The number of carbonyl (C=O) groups excluding carboxylic acids is 1. The molecule has 3 rings (SSSR count). The fourth-order valence-electron chi connectivity index (χ4n) is 2.63. The molecule has 0 saturated heterocycles. The molecule has 1 atom stereocenters. The van der Waals surface area contributed by atoms with Gasteiger partial charge in [-0.1, -0.05) is 41.4 Å². The summed E-state index contributed by atoms with van der Waals surface area (Å²) in [6, 6.07) is 12.5. The summed E-state index contributed by atoms with van der Waals surface area (Å²) >= 11 is 12.5. The number of imidazole rings is 1. The van der Waals surface area contributed by atoms with Gasteiger partial charge in [0.05, 0.1) is 27.7 Å². The number of amides is 1. The summed E-state index contributed by atoms with van der Waals surface area (Å²) in [5, 5.41) is 12.7. The third kappa shape index (κ3) is 3.63. The van der Waals surface area contributed by atoms with Gasteiger partial charge in [0, 0.05) is 11.6 Å². The van der Waals surface area contributed by atoms with Crippen LogP contribution in [-0.2, 0) is 11.3 Å². The standard InChI is InChI=1S/C18H17Cl2N3O2/c1-11(10-24)21-16(25)9-23-15-8-3-2-7-14(15)22-18(23)12-5-4-6-13(19)17(12)20/h2-8,11,24H,9-10H2,1H3,(H,21,25). The second-order valence-electron chi connectivity index (χ2n) is 5.76. The van der Waals surface area contributed by atoms with Crippen LogP contribution in [0.2, 0.25) is 10.0 Å². The van der Waals surface area contributed by atoms with Crippen molar-refractivity contribution in [1.29, 1.82) is 0 Å². The van der Waals surface area contributed by atoms with Crippen LogP contribution in [0.5, 0.6) is 0 Å². The van der Waals surface area contributed by atoms with E-state index in [1.807, 2.05) is 30.3 Å². The lowest BCUT2D eigenvalue weighted by molar-refractivity contribution is -0.122. The molecular weight excluding hydrogens is 361 g/mol. The van der Waals surface area contributed by atoms with Crippen molar-refractivity contribution < 1.29 is 9.90 Å². The minimum Gasteiger partial charge on any atom is -0.394 e. The van der Waals surface area contributed by atoms with Crippen LogP contribution in [0.1, 0.15) is 6.92 Å². The van der Waals surface area contributed by atoms with Gasteiger partial charge < -0.3 is 15.0 Å². The molecule has 7 heteroatoms. The molecule has 0 radical (unpaired) electrons. The number of para-hydroxylation sites is 2. The van der Waals surface area contributed by atoms with Crippen LogP contribution in [0.15, 0.2) is 42.5 Å². The number of aliphatic hydroxyl groups excluding tert-OH is 1. The lowest BCUT2D eigenvalue weighted by Gasteiger charge is -2.14. The summed E-state index contributed by atoms with van der Waals surface area (Å²) < 4.78 is 1.80. The molecule has 2 N–H and O–H groups in total. The van der Waals surface area contributed by atoms with E-state index in [9.17, 15) is 4.79 Å². The predicted octanol–water partition coefficient (Wildman–Crippen LogP) is 3.51. The summed E-state index contributed by atoms with van der Waals surface area (Å²) in [5.41, 5.74) is 2.24. The Bertz CT molecular complexity index is 924. The molecule has 0 fully saturated rings. The van der Waals surface area contributed by atoms with Gasteiger partial charge in [0.15, 0.2) is 0 Å². The maximum Gasteiger partial charge on any atom is 0.240 e. The zero-order valence-corrected chi connectivity index (χ0v) is 15.1. The van der Waals surface area contributed by atoms with Gasteiger partial charge in [0.25, 0.3) is 0 Å². The molecule has 0 saturated carbocycles. The van der Waals surface area contributed by atoms with E-state index in [1.165, 1.54) is 0 Å². The number of rotatable bonds is 5. The first kappa shape index (κ1) is 17.7. The van der Waals surface area contributed by atoms with Gasteiger partial charge >= 0.3 is 0 Å². The topological polar surface area (TPSA) is 67.2 Å². The number of fused-ring (bicyclic) bond motifs is 1. The lowest BCUT2D eigenvalue weighted by Crippen LogP contribution is -2.37. The third-order valence-corrected chi connectivity index (χ3v) is 4.65. The van der Waals surface area contributed by atoms with Crippen molar-refractivity contribution in [2.24, 2.45) is 0 Å². The van der Waals surface area contributed by atoms with E-state index in [4.69, 9.17) is 28.3 Å². The van der Waals surface area contributed by atoms with Crippen LogP contribution in [0.25, 0.3) is 22.4 Å². The monoisotopic (exact) mass is 377 g/mol. The van der Waals surface area contributed by atoms with Gasteiger partial charge in [-0.05, 0) is 31.2 Å². The zero-order chi connectivity index (χ0) is 18.0. The van der Waals surface area contributed by atoms with Crippen LogP contribution < -0.4 is 5.32 Å². The van der Waals surface area contributed by atoms with E-state index in [0.717, 1.165) is 11.0 Å². The molecule has 0 aliphatic heterocycles. The Morgan fingerprint density at radius 3 is 2.76 bits per heavy atom. The van der Waals surface area contributed by atoms with Crippen molar-refractivity contribution in [3.8, 4) is 11.4 Å². The summed E-state index contributed by atoms with van der Waals surface area (Å²) in [7, 11) is 0. The number of hydrogen-bond donors (Lipinski definition) is 2. The Hall–Kier alpha value is -2.08. The van der Waals surface area contributed by atoms with Crippen LogP contribution in [0.4, 0.5) is 0 Å². The van der Waals surface area contributed by atoms with Gasteiger partial charge in [-0.2, -0.15) is 0 Å². The van der Waals surface area contributed by atoms with Crippen LogP contribution in [0.3, 0.4) is 0 Å². The molecule has 1 heterocycles. The molecule has 1 unspecified atom stereocenters. The normalized spacial score (nSPS) is 12.3. The number of carbonyl (C=O) groups is 1. The van der Waals surface area contributed by atoms with Crippen molar-refractivity contribution in [3.05, 3.63) is 52.5 Å². The largest absolute Gasteiger partial charge is 0.394 e. The van der Waals surface area contributed by atoms with Crippen molar-refractivity contribution in [1.82, 2.24) is 14.9 Å². The minimum absolute atomic E-state index is 0.0586. The summed E-state index contributed by atoms with van der Waals surface area (Å²) in [6.07, 6.45) is 0. The number of nitrogens with one attached hydrogen (secondary N) is 1. The quantitative estimate of drug-likeness (QED) is 0.714. The highest BCUT2D eigenvalue weighted by Crippen LogP contribution is 2.34. The van der Waals surface area contributed by atoms with Crippen molar-refractivity contribution in [2.45, 2.75) is 19.5 Å². The van der Waals surface area contributed by atoms with Gasteiger partial charge in [0.2, 0.25) is 5.91 Å². The van der Waals surface area contributed by atoms with Crippen molar-refractivity contribution in [2.75, 3.05) is 6.61 Å². The Balaban J connectivity index is 2.09. The highest BCUT2D eigenvalue weighted by atomic mass is 35.5. The predicted molar refractivity (Wildman–Crippen MR) is 99.9 cm³/mol. The SMILES string of the molecule is CC(CO)NC(=O)Cn1c(-c2cccc(Cl)c2Cl)nc2ccccc21. The molecular formula is C18H17Cl2N3O2. The van der Waals surface area contributed by atoms with E-state index in [-0.39, 0.29) is 25.1 Å². The van der Waals surface area contributed by atoms with Gasteiger partial charge in [0.1, 0.15) is 12.4 Å². The smallest absolute Gasteiger partial charge is 0.240 e. The molecule has 0 spiro atoms. The average molecular weight is 378 g/mol. The second kappa shape index (κ2) is 7.44. The number of hydrogen-bond acceptors (Lipinski definition) is 3. The number of aliphatic hydroxyl groups is 1. The first-order chi connectivity index (χ1) is 12.0. The maximum atomic E-state index is 12.3. The fourth-order valence-corrected chi connectivity index (χ4v) is 3.01. The highest BCUT2D eigenvalue weighted by Gasteiger charge is 2.18. The number of halogens is 2. The summed E-state index contributed by atoms with van der Waals surface area (Å²) in [6.45, 7) is 1.67. The molecule has 1 amide bonds. The van der Waals surface area contributed by atoms with Gasteiger partial charge in [-0.25, -0.2) is 4.98 Å². The Labute approximate surface area is 155 Å². The molecule has 0 aliphatic rings. The zero-order valence-electron chi connectivity index (χ0n) is 13.5. The average Bonchev–Trinajstić information content (AvgIpc) is 2.95. The van der Waals surface area contributed by atoms with E-state index in [0.29, 0.717) is 21.4 Å². The van der Waals surface area contributed by atoms with Crippen molar-refractivity contribution in [3.63, 3.8) is 0 Å². The summed E-state index contributed by atoms with van der Waals surface area (Å²) in [4.78, 5) is 17.0. The molecule has 5 nitrogen and oxygen atoms in total. The lowest BCUT2D eigenvalue weighted by atomic mass is 10.2.